The molecule has 0 amide bonds. The lowest BCUT2D eigenvalue weighted by atomic mass is 10.2. The minimum Gasteiger partial charge on any atom is -0.316 e. The zero-order valence-corrected chi connectivity index (χ0v) is 11.0. The molecule has 0 radical (unpaired) electrons. The van der Waals surface area contributed by atoms with Gasteiger partial charge < -0.3 is 5.32 Å². The van der Waals surface area contributed by atoms with Crippen LogP contribution in [0.2, 0.25) is 0 Å². The van der Waals surface area contributed by atoms with E-state index in [0.29, 0.717) is 0 Å². The van der Waals surface area contributed by atoms with Gasteiger partial charge in [-0.1, -0.05) is 13.0 Å². The van der Waals surface area contributed by atoms with E-state index in [9.17, 15) is 0 Å². The molecule has 1 rings (SSSR count). The van der Waals surface area contributed by atoms with Crippen LogP contribution in [0.4, 0.5) is 0 Å². The van der Waals surface area contributed by atoms with Crippen LogP contribution in [0.15, 0.2) is 27.6 Å². The quantitative estimate of drug-likeness (QED) is 0.822. The molecular weight excluding hydrogens is 258 g/mol. The monoisotopic (exact) mass is 273 g/mol. The average molecular weight is 274 g/mol. The van der Waals surface area contributed by atoms with E-state index in [0.717, 1.165) is 6.54 Å². The highest BCUT2D eigenvalue weighted by Gasteiger charge is 2.01. The van der Waals surface area contributed by atoms with Crippen molar-refractivity contribution in [1.82, 2.24) is 5.32 Å². The van der Waals surface area contributed by atoms with E-state index in [2.05, 4.69) is 46.4 Å². The van der Waals surface area contributed by atoms with Gasteiger partial charge in [0.25, 0.3) is 0 Å². The number of thioether (sulfide) groups is 1. The maximum Gasteiger partial charge on any atom is 0.0314 e. The minimum atomic E-state index is 0.928. The molecule has 0 spiro atoms. The molecule has 0 saturated carbocycles. The van der Waals surface area contributed by atoms with Crippen LogP contribution in [0, 0.1) is 0 Å². The van der Waals surface area contributed by atoms with Crippen LogP contribution >= 0.6 is 27.7 Å². The molecule has 0 aliphatic carbocycles. The summed E-state index contributed by atoms with van der Waals surface area (Å²) in [5.41, 5.74) is 1.32. The summed E-state index contributed by atoms with van der Waals surface area (Å²) >= 11 is 5.51. The molecule has 0 unspecified atom stereocenters. The second-order valence-electron chi connectivity index (χ2n) is 3.14. The molecule has 0 heterocycles. The molecule has 0 aliphatic heterocycles. The smallest absolute Gasteiger partial charge is 0.0314 e. The first-order valence-corrected chi connectivity index (χ1v) is 6.61. The number of hydrogen-bond acceptors (Lipinski definition) is 2. The van der Waals surface area contributed by atoms with Crippen molar-refractivity contribution in [2.24, 2.45) is 0 Å². The fourth-order valence-electron chi connectivity index (χ4n) is 1.19. The van der Waals surface area contributed by atoms with Crippen molar-refractivity contribution in [1.29, 1.82) is 0 Å². The largest absolute Gasteiger partial charge is 0.316 e. The van der Waals surface area contributed by atoms with E-state index in [1.165, 1.54) is 27.1 Å². The Morgan fingerprint density at radius 3 is 2.79 bits per heavy atom. The van der Waals surface area contributed by atoms with Crippen LogP contribution in [0.1, 0.15) is 18.9 Å². The van der Waals surface area contributed by atoms with Gasteiger partial charge in [0, 0.05) is 15.9 Å². The Bertz CT molecular complexity index is 289. The Kier molecular flexibility index (Phi) is 5.60. The number of hydrogen-bond donors (Lipinski definition) is 1. The predicted molar refractivity (Wildman–Crippen MR) is 67.9 cm³/mol. The van der Waals surface area contributed by atoms with E-state index >= 15 is 0 Å². The van der Waals surface area contributed by atoms with E-state index in [-0.39, 0.29) is 0 Å². The van der Waals surface area contributed by atoms with Crippen molar-refractivity contribution >= 4 is 27.7 Å². The number of rotatable bonds is 5. The van der Waals surface area contributed by atoms with Gasteiger partial charge in [0.05, 0.1) is 0 Å². The van der Waals surface area contributed by atoms with Crippen LogP contribution in [0.25, 0.3) is 0 Å². The Morgan fingerprint density at radius 1 is 1.43 bits per heavy atom. The Hall–Kier alpha value is 0.01000. The maximum atomic E-state index is 3.60. The van der Waals surface area contributed by atoms with Crippen molar-refractivity contribution in [2.75, 3.05) is 12.8 Å². The molecule has 1 aromatic carbocycles. The van der Waals surface area contributed by atoms with E-state index in [1.54, 1.807) is 0 Å². The van der Waals surface area contributed by atoms with Gasteiger partial charge in [-0.2, -0.15) is 0 Å². The zero-order chi connectivity index (χ0) is 10.4. The van der Waals surface area contributed by atoms with Gasteiger partial charge in [0.2, 0.25) is 0 Å². The normalized spacial score (nSPS) is 10.5. The van der Waals surface area contributed by atoms with Gasteiger partial charge in [-0.3, -0.25) is 0 Å². The van der Waals surface area contributed by atoms with Crippen molar-refractivity contribution in [2.45, 2.75) is 24.8 Å². The molecule has 0 aliphatic rings. The molecule has 3 heteroatoms. The molecule has 1 nitrogen and oxygen atoms in total. The summed E-state index contributed by atoms with van der Waals surface area (Å²) < 4.78 is 1.21. The SMILES string of the molecule is CCCSc1ccc(CNC)cc1Br. The van der Waals surface area contributed by atoms with E-state index < -0.39 is 0 Å². The third-order valence-electron chi connectivity index (χ3n) is 1.84. The highest BCUT2D eigenvalue weighted by Crippen LogP contribution is 2.28. The first-order chi connectivity index (χ1) is 6.77. The van der Waals surface area contributed by atoms with Gasteiger partial charge in [-0.25, -0.2) is 0 Å². The van der Waals surface area contributed by atoms with Gasteiger partial charge in [0.1, 0.15) is 0 Å². The summed E-state index contributed by atoms with van der Waals surface area (Å²) in [4.78, 5) is 1.34. The topological polar surface area (TPSA) is 12.0 Å². The van der Waals surface area contributed by atoms with Gasteiger partial charge in [-0.05, 0) is 52.8 Å². The lowest BCUT2D eigenvalue weighted by Crippen LogP contribution is -2.04. The summed E-state index contributed by atoms with van der Waals surface area (Å²) in [6.45, 7) is 3.13. The minimum absolute atomic E-state index is 0.928. The summed E-state index contributed by atoms with van der Waals surface area (Å²) in [5, 5.41) is 3.15. The van der Waals surface area contributed by atoms with E-state index in [1.807, 2.05) is 18.8 Å². The first kappa shape index (κ1) is 12.1. The molecule has 0 aromatic heterocycles. The third kappa shape index (κ3) is 3.64. The molecule has 0 bridgehead atoms. The molecule has 1 N–H and O–H groups in total. The molecule has 0 fully saturated rings. The van der Waals surface area contributed by atoms with Crippen LogP contribution < -0.4 is 5.32 Å². The fraction of sp³-hybridized carbons (Fsp3) is 0.455. The fourth-order valence-corrected chi connectivity index (χ4v) is 2.74. The van der Waals surface area contributed by atoms with Crippen molar-refractivity contribution in [3.05, 3.63) is 28.2 Å². The highest BCUT2D eigenvalue weighted by molar-refractivity contribution is 9.10. The van der Waals surface area contributed by atoms with Crippen molar-refractivity contribution < 1.29 is 0 Å². The second kappa shape index (κ2) is 6.49. The molecule has 14 heavy (non-hydrogen) atoms. The summed E-state index contributed by atoms with van der Waals surface area (Å²) in [6.07, 6.45) is 1.22. The maximum absolute atomic E-state index is 3.60. The molecule has 0 atom stereocenters. The number of halogens is 1. The molecule has 0 saturated heterocycles. The second-order valence-corrected chi connectivity index (χ2v) is 5.13. The van der Waals surface area contributed by atoms with Crippen LogP contribution in [-0.4, -0.2) is 12.8 Å². The number of benzene rings is 1. The highest BCUT2D eigenvalue weighted by atomic mass is 79.9. The van der Waals surface area contributed by atoms with Gasteiger partial charge in [-0.15, -0.1) is 11.8 Å². The Labute approximate surface area is 98.8 Å². The average Bonchev–Trinajstić information content (AvgIpc) is 2.17. The lowest BCUT2D eigenvalue weighted by Gasteiger charge is -2.06. The summed E-state index contributed by atoms with van der Waals surface area (Å²) in [6, 6.07) is 6.56. The summed E-state index contributed by atoms with van der Waals surface area (Å²) in [5.74, 6) is 1.18. The van der Waals surface area contributed by atoms with Gasteiger partial charge in [0.15, 0.2) is 0 Å². The number of nitrogens with one attached hydrogen (secondary N) is 1. The van der Waals surface area contributed by atoms with Crippen LogP contribution in [-0.2, 0) is 6.54 Å². The lowest BCUT2D eigenvalue weighted by molar-refractivity contribution is 0.816. The van der Waals surface area contributed by atoms with Crippen molar-refractivity contribution in [3.8, 4) is 0 Å². The van der Waals surface area contributed by atoms with E-state index in [4.69, 9.17) is 0 Å². The molecule has 1 aromatic rings. The third-order valence-corrected chi connectivity index (χ3v) is 4.04. The van der Waals surface area contributed by atoms with Crippen molar-refractivity contribution in [3.63, 3.8) is 0 Å². The Morgan fingerprint density at radius 2 is 2.21 bits per heavy atom. The predicted octanol–water partition coefficient (Wildman–Crippen LogP) is 3.67. The zero-order valence-electron chi connectivity index (χ0n) is 8.64. The standard InChI is InChI=1S/C11H16BrNS/c1-3-6-14-11-5-4-9(8-13-2)7-10(11)12/h4-5,7,13H,3,6,8H2,1-2H3. The summed E-state index contributed by atoms with van der Waals surface area (Å²) in [7, 11) is 1.97. The first-order valence-electron chi connectivity index (χ1n) is 4.83. The van der Waals surface area contributed by atoms with Crippen LogP contribution in [0.5, 0.6) is 0 Å². The van der Waals surface area contributed by atoms with Gasteiger partial charge >= 0.3 is 0 Å². The van der Waals surface area contributed by atoms with Crippen LogP contribution in [0.3, 0.4) is 0 Å². The molecule has 78 valence electrons. The Balaban J connectivity index is 2.68. The molecular formula is C11H16BrNS.